The molecular formula is C14H14N2S. The molecule has 0 radical (unpaired) electrons. The molecule has 3 heteroatoms. The van der Waals surface area contributed by atoms with Crippen LogP contribution in [0.2, 0.25) is 0 Å². The first-order chi connectivity index (χ1) is 8.33. The number of rotatable bonds is 4. The van der Waals surface area contributed by atoms with Gasteiger partial charge in [-0.1, -0.05) is 37.3 Å². The molecule has 1 aromatic carbocycles. The van der Waals surface area contributed by atoms with Gasteiger partial charge in [0, 0.05) is 11.3 Å². The zero-order chi connectivity index (χ0) is 12.1. The highest BCUT2D eigenvalue weighted by Gasteiger charge is 2.09. The van der Waals surface area contributed by atoms with Crippen molar-refractivity contribution in [3.63, 3.8) is 0 Å². The van der Waals surface area contributed by atoms with E-state index in [1.807, 2.05) is 18.2 Å². The lowest BCUT2D eigenvalue weighted by molar-refractivity contribution is 0.996. The number of hydrogen-bond donors (Lipinski definition) is 0. The summed E-state index contributed by atoms with van der Waals surface area (Å²) in [6.07, 6.45) is 2.25. The molecule has 0 bridgehead atoms. The largest absolute Gasteiger partial charge is 0.246 e. The standard InChI is InChI=1S/C14H14N2S/c1-2-12-13(8-9-15)17-14(16-12)10-11-6-4-3-5-7-11/h3-7H,2,8,10H2,1H3. The summed E-state index contributed by atoms with van der Waals surface area (Å²) in [5.41, 5.74) is 2.36. The van der Waals surface area contributed by atoms with Crippen LogP contribution in [0.5, 0.6) is 0 Å². The predicted octanol–water partition coefficient (Wildman–Crippen LogP) is 3.36. The third-order valence-electron chi connectivity index (χ3n) is 2.60. The van der Waals surface area contributed by atoms with E-state index in [1.165, 1.54) is 5.56 Å². The molecule has 17 heavy (non-hydrogen) atoms. The summed E-state index contributed by atoms with van der Waals surface area (Å²) in [6.45, 7) is 2.09. The minimum atomic E-state index is 0.482. The van der Waals surface area contributed by atoms with Gasteiger partial charge in [0.1, 0.15) is 0 Å². The molecule has 0 saturated carbocycles. The van der Waals surface area contributed by atoms with Crippen molar-refractivity contribution in [3.8, 4) is 6.07 Å². The molecule has 0 unspecified atom stereocenters. The average molecular weight is 242 g/mol. The summed E-state index contributed by atoms with van der Waals surface area (Å²) in [7, 11) is 0. The molecule has 1 heterocycles. The lowest BCUT2D eigenvalue weighted by Crippen LogP contribution is -1.89. The SMILES string of the molecule is CCc1nc(Cc2ccccc2)sc1CC#N. The van der Waals surface area contributed by atoms with Crippen molar-refractivity contribution >= 4 is 11.3 Å². The first-order valence-electron chi connectivity index (χ1n) is 5.71. The molecule has 2 nitrogen and oxygen atoms in total. The lowest BCUT2D eigenvalue weighted by Gasteiger charge is -1.95. The molecule has 0 aliphatic rings. The van der Waals surface area contributed by atoms with Gasteiger partial charge < -0.3 is 0 Å². The van der Waals surface area contributed by atoms with Crippen LogP contribution < -0.4 is 0 Å². The molecule has 2 rings (SSSR count). The Morgan fingerprint density at radius 1 is 1.29 bits per heavy atom. The maximum Gasteiger partial charge on any atom is 0.0975 e. The summed E-state index contributed by atoms with van der Waals surface area (Å²) < 4.78 is 0. The first-order valence-corrected chi connectivity index (χ1v) is 6.53. The van der Waals surface area contributed by atoms with Gasteiger partial charge in [-0.25, -0.2) is 4.98 Å². The number of nitrogens with zero attached hydrogens (tertiary/aromatic N) is 2. The number of hydrogen-bond acceptors (Lipinski definition) is 3. The first kappa shape index (κ1) is 11.8. The van der Waals surface area contributed by atoms with Crippen LogP contribution in [-0.2, 0) is 19.3 Å². The van der Waals surface area contributed by atoms with Gasteiger partial charge in [-0.05, 0) is 12.0 Å². The quantitative estimate of drug-likeness (QED) is 0.824. The van der Waals surface area contributed by atoms with Gasteiger partial charge in [-0.2, -0.15) is 5.26 Å². The molecule has 0 aliphatic carbocycles. The Morgan fingerprint density at radius 3 is 2.71 bits per heavy atom. The Hall–Kier alpha value is -1.66. The van der Waals surface area contributed by atoms with E-state index in [0.29, 0.717) is 6.42 Å². The smallest absolute Gasteiger partial charge is 0.0975 e. The molecule has 1 aromatic heterocycles. The van der Waals surface area contributed by atoms with E-state index in [9.17, 15) is 0 Å². The van der Waals surface area contributed by atoms with Crippen LogP contribution in [0, 0.1) is 11.3 Å². The highest BCUT2D eigenvalue weighted by molar-refractivity contribution is 7.11. The zero-order valence-electron chi connectivity index (χ0n) is 9.81. The number of benzene rings is 1. The topological polar surface area (TPSA) is 36.7 Å². The van der Waals surface area contributed by atoms with Crippen molar-refractivity contribution in [1.82, 2.24) is 4.98 Å². The lowest BCUT2D eigenvalue weighted by atomic mass is 10.2. The molecule has 0 amide bonds. The Kier molecular flexibility index (Phi) is 3.89. The number of thiazole rings is 1. The van der Waals surface area contributed by atoms with E-state index in [0.717, 1.165) is 28.4 Å². The van der Waals surface area contributed by atoms with Gasteiger partial charge in [-0.15, -0.1) is 11.3 Å². The Balaban J connectivity index is 2.20. The minimum absolute atomic E-state index is 0.482. The molecular weight excluding hydrogens is 228 g/mol. The Morgan fingerprint density at radius 2 is 2.06 bits per heavy atom. The van der Waals surface area contributed by atoms with E-state index in [4.69, 9.17) is 5.26 Å². The molecule has 86 valence electrons. The van der Waals surface area contributed by atoms with Crippen LogP contribution in [-0.4, -0.2) is 4.98 Å². The number of nitriles is 1. The third-order valence-corrected chi connectivity index (χ3v) is 3.69. The van der Waals surface area contributed by atoms with Crippen LogP contribution in [0.1, 0.15) is 28.1 Å². The molecule has 0 saturated heterocycles. The van der Waals surface area contributed by atoms with E-state index in [2.05, 4.69) is 30.1 Å². The van der Waals surface area contributed by atoms with E-state index in [-0.39, 0.29) is 0 Å². The second-order valence-electron chi connectivity index (χ2n) is 3.83. The van der Waals surface area contributed by atoms with Crippen molar-refractivity contribution in [3.05, 3.63) is 51.5 Å². The second-order valence-corrected chi connectivity index (χ2v) is 5.00. The molecule has 0 fully saturated rings. The highest BCUT2D eigenvalue weighted by atomic mass is 32.1. The summed E-state index contributed by atoms with van der Waals surface area (Å²) in [5, 5.41) is 9.88. The predicted molar refractivity (Wildman–Crippen MR) is 70.1 cm³/mol. The third kappa shape index (κ3) is 2.92. The van der Waals surface area contributed by atoms with Gasteiger partial charge in [0.25, 0.3) is 0 Å². The van der Waals surface area contributed by atoms with Crippen molar-refractivity contribution in [2.75, 3.05) is 0 Å². The van der Waals surface area contributed by atoms with Gasteiger partial charge in [0.2, 0.25) is 0 Å². The van der Waals surface area contributed by atoms with Crippen LogP contribution in [0.15, 0.2) is 30.3 Å². The fourth-order valence-electron chi connectivity index (χ4n) is 1.77. The molecule has 0 spiro atoms. The molecule has 2 aromatic rings. The van der Waals surface area contributed by atoms with Crippen molar-refractivity contribution in [2.24, 2.45) is 0 Å². The zero-order valence-corrected chi connectivity index (χ0v) is 10.6. The van der Waals surface area contributed by atoms with Gasteiger partial charge in [-0.3, -0.25) is 0 Å². The van der Waals surface area contributed by atoms with Crippen LogP contribution in [0.25, 0.3) is 0 Å². The minimum Gasteiger partial charge on any atom is -0.246 e. The monoisotopic (exact) mass is 242 g/mol. The fourth-order valence-corrected chi connectivity index (χ4v) is 2.89. The maximum absolute atomic E-state index is 8.77. The molecule has 0 N–H and O–H groups in total. The highest BCUT2D eigenvalue weighted by Crippen LogP contribution is 2.22. The fraction of sp³-hybridized carbons (Fsp3) is 0.286. The van der Waals surface area contributed by atoms with Crippen molar-refractivity contribution in [1.29, 1.82) is 5.26 Å². The van der Waals surface area contributed by atoms with Gasteiger partial charge in [0.15, 0.2) is 0 Å². The van der Waals surface area contributed by atoms with Crippen LogP contribution in [0.3, 0.4) is 0 Å². The van der Waals surface area contributed by atoms with Gasteiger partial charge >= 0.3 is 0 Å². The summed E-state index contributed by atoms with van der Waals surface area (Å²) in [5.74, 6) is 0. The Bertz CT molecular complexity index is 523. The Labute approximate surface area is 106 Å². The van der Waals surface area contributed by atoms with Crippen LogP contribution >= 0.6 is 11.3 Å². The number of aromatic nitrogens is 1. The van der Waals surface area contributed by atoms with E-state index >= 15 is 0 Å². The van der Waals surface area contributed by atoms with Crippen LogP contribution in [0.4, 0.5) is 0 Å². The average Bonchev–Trinajstić information content (AvgIpc) is 2.73. The molecule has 0 aliphatic heterocycles. The summed E-state index contributed by atoms with van der Waals surface area (Å²) in [4.78, 5) is 5.74. The maximum atomic E-state index is 8.77. The molecule has 0 atom stereocenters. The van der Waals surface area contributed by atoms with E-state index < -0.39 is 0 Å². The second kappa shape index (κ2) is 5.60. The van der Waals surface area contributed by atoms with Crippen molar-refractivity contribution < 1.29 is 0 Å². The van der Waals surface area contributed by atoms with E-state index in [1.54, 1.807) is 11.3 Å². The summed E-state index contributed by atoms with van der Waals surface area (Å²) in [6, 6.07) is 12.5. The van der Waals surface area contributed by atoms with Gasteiger partial charge in [0.05, 0.1) is 23.2 Å². The normalized spacial score (nSPS) is 10.1. The van der Waals surface area contributed by atoms with Crippen molar-refractivity contribution in [2.45, 2.75) is 26.2 Å². The summed E-state index contributed by atoms with van der Waals surface area (Å²) >= 11 is 1.67. The number of aryl methyl sites for hydroxylation is 1.